The van der Waals surface area contributed by atoms with Crippen molar-refractivity contribution in [2.75, 3.05) is 31.4 Å². The fourth-order valence-electron chi connectivity index (χ4n) is 2.12. The molecule has 0 spiro atoms. The molecule has 6 heteroatoms. The minimum atomic E-state index is -0.108. The zero-order valence-corrected chi connectivity index (χ0v) is 13.6. The molecule has 2 N–H and O–H groups in total. The molecule has 0 saturated carbocycles. The summed E-state index contributed by atoms with van der Waals surface area (Å²) >= 11 is 0. The Morgan fingerprint density at radius 3 is 2.33 bits per heavy atom. The van der Waals surface area contributed by atoms with Gasteiger partial charge in [-0.25, -0.2) is 0 Å². The van der Waals surface area contributed by atoms with Gasteiger partial charge in [-0.1, -0.05) is 0 Å². The molecule has 0 aliphatic rings. The Bertz CT molecular complexity index is 736. The highest BCUT2D eigenvalue weighted by molar-refractivity contribution is 5.91. The number of ether oxygens (including phenoxy) is 2. The fraction of sp³-hybridized carbons (Fsp3) is 0.222. The zero-order valence-electron chi connectivity index (χ0n) is 13.6. The highest BCUT2D eigenvalue weighted by atomic mass is 16.5. The molecule has 124 valence electrons. The Morgan fingerprint density at radius 1 is 1.04 bits per heavy atom. The van der Waals surface area contributed by atoms with Gasteiger partial charge >= 0.3 is 0 Å². The fourth-order valence-corrected chi connectivity index (χ4v) is 2.12. The van der Waals surface area contributed by atoms with Gasteiger partial charge in [0.05, 0.1) is 25.9 Å². The van der Waals surface area contributed by atoms with Crippen molar-refractivity contribution in [3.8, 4) is 17.6 Å². The maximum Gasteiger partial charge on any atom is 0.226 e. The van der Waals surface area contributed by atoms with Crippen LogP contribution in [0, 0.1) is 11.3 Å². The molecule has 0 atom stereocenters. The van der Waals surface area contributed by atoms with Crippen molar-refractivity contribution in [1.29, 1.82) is 5.26 Å². The predicted octanol–water partition coefficient (Wildman–Crippen LogP) is 3.02. The number of nitriles is 1. The summed E-state index contributed by atoms with van der Waals surface area (Å²) in [6.07, 6.45) is 0.314. The second-order valence-corrected chi connectivity index (χ2v) is 4.98. The van der Waals surface area contributed by atoms with Crippen LogP contribution in [0.1, 0.15) is 12.0 Å². The Kier molecular flexibility index (Phi) is 6.03. The van der Waals surface area contributed by atoms with Gasteiger partial charge in [-0.3, -0.25) is 4.79 Å². The van der Waals surface area contributed by atoms with Crippen molar-refractivity contribution < 1.29 is 14.3 Å². The zero-order chi connectivity index (χ0) is 17.4. The van der Waals surface area contributed by atoms with E-state index in [-0.39, 0.29) is 5.91 Å². The third-order valence-corrected chi connectivity index (χ3v) is 3.36. The van der Waals surface area contributed by atoms with Crippen LogP contribution in [-0.2, 0) is 4.79 Å². The summed E-state index contributed by atoms with van der Waals surface area (Å²) in [4.78, 5) is 12.0. The lowest BCUT2D eigenvalue weighted by molar-refractivity contribution is -0.115. The largest absolute Gasteiger partial charge is 0.493 e. The van der Waals surface area contributed by atoms with Crippen LogP contribution in [0.25, 0.3) is 0 Å². The van der Waals surface area contributed by atoms with E-state index in [0.717, 1.165) is 5.69 Å². The first kappa shape index (κ1) is 17.2. The van der Waals surface area contributed by atoms with Crippen molar-refractivity contribution in [1.82, 2.24) is 0 Å². The van der Waals surface area contributed by atoms with Crippen LogP contribution in [0.5, 0.6) is 11.5 Å². The summed E-state index contributed by atoms with van der Waals surface area (Å²) < 4.78 is 10.4. The second-order valence-electron chi connectivity index (χ2n) is 4.98. The van der Waals surface area contributed by atoms with Crippen molar-refractivity contribution in [2.45, 2.75) is 6.42 Å². The standard InChI is InChI=1S/C18H19N3O3/c1-23-16-8-7-15(11-17(16)24-2)21-18(22)9-10-20-14-5-3-13(12-19)4-6-14/h3-8,11,20H,9-10H2,1-2H3,(H,21,22). The van der Waals surface area contributed by atoms with Crippen molar-refractivity contribution >= 4 is 17.3 Å². The van der Waals surface area contributed by atoms with Crippen LogP contribution in [-0.4, -0.2) is 26.7 Å². The molecule has 0 aliphatic heterocycles. The van der Waals surface area contributed by atoms with E-state index in [0.29, 0.717) is 35.7 Å². The van der Waals surface area contributed by atoms with Gasteiger partial charge in [0.2, 0.25) is 5.91 Å². The Labute approximate surface area is 141 Å². The van der Waals surface area contributed by atoms with Gasteiger partial charge in [-0.2, -0.15) is 5.26 Å². The number of nitrogens with zero attached hydrogens (tertiary/aromatic N) is 1. The average Bonchev–Trinajstić information content (AvgIpc) is 2.62. The van der Waals surface area contributed by atoms with E-state index in [1.807, 2.05) is 12.1 Å². The normalized spacial score (nSPS) is 9.71. The smallest absolute Gasteiger partial charge is 0.226 e. The number of hydrogen-bond donors (Lipinski definition) is 2. The molecule has 0 radical (unpaired) electrons. The Balaban J connectivity index is 1.83. The van der Waals surface area contributed by atoms with Gasteiger partial charge in [0, 0.05) is 30.4 Å². The summed E-state index contributed by atoms with van der Waals surface area (Å²) in [5, 5.41) is 14.7. The first-order valence-corrected chi connectivity index (χ1v) is 7.42. The number of benzene rings is 2. The van der Waals surface area contributed by atoms with E-state index in [4.69, 9.17) is 14.7 Å². The van der Waals surface area contributed by atoms with Gasteiger partial charge < -0.3 is 20.1 Å². The number of carbonyl (C=O) groups excluding carboxylic acids is 1. The molecule has 6 nitrogen and oxygen atoms in total. The minimum Gasteiger partial charge on any atom is -0.493 e. The van der Waals surface area contributed by atoms with E-state index < -0.39 is 0 Å². The molecule has 0 saturated heterocycles. The van der Waals surface area contributed by atoms with Crippen LogP contribution >= 0.6 is 0 Å². The quantitative estimate of drug-likeness (QED) is 0.817. The number of rotatable bonds is 7. The van der Waals surface area contributed by atoms with Crippen molar-refractivity contribution in [3.63, 3.8) is 0 Å². The molecule has 0 fully saturated rings. The van der Waals surface area contributed by atoms with E-state index in [1.165, 1.54) is 0 Å². The first-order valence-electron chi connectivity index (χ1n) is 7.42. The lowest BCUT2D eigenvalue weighted by Crippen LogP contribution is -2.16. The van der Waals surface area contributed by atoms with Crippen molar-refractivity contribution in [2.24, 2.45) is 0 Å². The third kappa shape index (κ3) is 4.65. The molecular formula is C18H19N3O3. The number of carbonyl (C=O) groups is 1. The van der Waals surface area contributed by atoms with Crippen LogP contribution < -0.4 is 20.1 Å². The Morgan fingerprint density at radius 2 is 1.71 bits per heavy atom. The van der Waals surface area contributed by atoms with Crippen LogP contribution in [0.3, 0.4) is 0 Å². The maximum atomic E-state index is 12.0. The van der Waals surface area contributed by atoms with Gasteiger partial charge in [0.15, 0.2) is 11.5 Å². The van der Waals surface area contributed by atoms with E-state index in [1.54, 1.807) is 44.6 Å². The molecule has 1 amide bonds. The lowest BCUT2D eigenvalue weighted by Gasteiger charge is -2.11. The molecule has 0 unspecified atom stereocenters. The monoisotopic (exact) mass is 325 g/mol. The van der Waals surface area contributed by atoms with E-state index in [2.05, 4.69) is 16.7 Å². The number of methoxy groups -OCH3 is 2. The molecule has 0 bridgehead atoms. The number of anilines is 2. The summed E-state index contributed by atoms with van der Waals surface area (Å²) in [6, 6.07) is 14.3. The SMILES string of the molecule is COc1ccc(NC(=O)CCNc2ccc(C#N)cc2)cc1OC. The first-order chi connectivity index (χ1) is 11.7. The number of amides is 1. The maximum absolute atomic E-state index is 12.0. The molecule has 2 aromatic carbocycles. The molecule has 2 aromatic rings. The predicted molar refractivity (Wildman–Crippen MR) is 92.4 cm³/mol. The van der Waals surface area contributed by atoms with Gasteiger partial charge in [0.25, 0.3) is 0 Å². The van der Waals surface area contributed by atoms with Crippen LogP contribution in [0.2, 0.25) is 0 Å². The third-order valence-electron chi connectivity index (χ3n) is 3.36. The van der Waals surface area contributed by atoms with Gasteiger partial charge in [-0.15, -0.1) is 0 Å². The number of nitrogens with one attached hydrogen (secondary N) is 2. The molecule has 24 heavy (non-hydrogen) atoms. The minimum absolute atomic E-state index is 0.108. The average molecular weight is 325 g/mol. The van der Waals surface area contributed by atoms with Gasteiger partial charge in [-0.05, 0) is 36.4 Å². The van der Waals surface area contributed by atoms with Crippen LogP contribution in [0.15, 0.2) is 42.5 Å². The molecule has 0 heterocycles. The highest BCUT2D eigenvalue weighted by Crippen LogP contribution is 2.29. The lowest BCUT2D eigenvalue weighted by atomic mass is 10.2. The summed E-state index contributed by atoms with van der Waals surface area (Å²) in [6.45, 7) is 0.491. The molecular weight excluding hydrogens is 306 g/mol. The van der Waals surface area contributed by atoms with E-state index in [9.17, 15) is 4.79 Å². The summed E-state index contributed by atoms with van der Waals surface area (Å²) in [5.74, 6) is 1.06. The molecule has 2 rings (SSSR count). The van der Waals surface area contributed by atoms with Crippen LogP contribution in [0.4, 0.5) is 11.4 Å². The summed E-state index contributed by atoms with van der Waals surface area (Å²) in [5.41, 5.74) is 2.12. The molecule has 0 aromatic heterocycles. The topological polar surface area (TPSA) is 83.4 Å². The van der Waals surface area contributed by atoms with E-state index >= 15 is 0 Å². The van der Waals surface area contributed by atoms with Gasteiger partial charge in [0.1, 0.15) is 0 Å². The van der Waals surface area contributed by atoms with Crippen molar-refractivity contribution in [3.05, 3.63) is 48.0 Å². The second kappa shape index (κ2) is 8.44. The Hall–Kier alpha value is -3.20. The number of hydrogen-bond acceptors (Lipinski definition) is 5. The molecule has 0 aliphatic carbocycles. The summed E-state index contributed by atoms with van der Waals surface area (Å²) in [7, 11) is 3.11. The highest BCUT2D eigenvalue weighted by Gasteiger charge is 2.07.